The summed E-state index contributed by atoms with van der Waals surface area (Å²) in [6, 6.07) is 17.8. The Kier molecular flexibility index (Phi) is 6.75. The van der Waals surface area contributed by atoms with Crippen molar-refractivity contribution < 1.29 is 9.59 Å². The molecule has 0 atom stereocenters. The van der Waals surface area contributed by atoms with E-state index in [4.69, 9.17) is 0 Å². The van der Waals surface area contributed by atoms with Crippen molar-refractivity contribution in [2.24, 2.45) is 0 Å². The van der Waals surface area contributed by atoms with Gasteiger partial charge in [-0.05, 0) is 35.6 Å². The third-order valence-corrected chi connectivity index (χ3v) is 4.13. The molecule has 0 saturated heterocycles. The summed E-state index contributed by atoms with van der Waals surface area (Å²) in [7, 11) is 0. The molecule has 0 spiro atoms. The van der Waals surface area contributed by atoms with E-state index < -0.39 is 0 Å². The zero-order chi connectivity index (χ0) is 18.2. The molecule has 1 N–H and O–H groups in total. The molecule has 0 aromatic heterocycles. The first kappa shape index (κ1) is 18.7. The van der Waals surface area contributed by atoms with Crippen LogP contribution in [0, 0.1) is 0 Å². The lowest BCUT2D eigenvalue weighted by Gasteiger charge is -2.21. The topological polar surface area (TPSA) is 49.4 Å². The van der Waals surface area contributed by atoms with Crippen molar-refractivity contribution in [3.05, 3.63) is 65.7 Å². The van der Waals surface area contributed by atoms with E-state index in [0.29, 0.717) is 12.5 Å². The van der Waals surface area contributed by atoms with E-state index in [2.05, 4.69) is 19.2 Å². The number of carbonyl (C=O) groups is 2. The highest BCUT2D eigenvalue weighted by Crippen LogP contribution is 2.20. The molecule has 2 aromatic rings. The molecule has 2 amide bonds. The Balaban J connectivity index is 1.91. The van der Waals surface area contributed by atoms with E-state index in [1.807, 2.05) is 54.6 Å². The second-order valence-electron chi connectivity index (χ2n) is 6.44. The molecule has 0 fully saturated rings. The second-order valence-corrected chi connectivity index (χ2v) is 6.44. The van der Waals surface area contributed by atoms with Crippen LogP contribution in [0.3, 0.4) is 0 Å². The van der Waals surface area contributed by atoms with Crippen molar-refractivity contribution in [1.82, 2.24) is 5.32 Å². The Bertz CT molecular complexity index is 694. The zero-order valence-corrected chi connectivity index (χ0v) is 15.2. The van der Waals surface area contributed by atoms with Gasteiger partial charge in [0.05, 0.1) is 0 Å². The molecular weight excluding hydrogens is 312 g/mol. The molecule has 2 aromatic carbocycles. The fourth-order valence-electron chi connectivity index (χ4n) is 2.61. The van der Waals surface area contributed by atoms with Crippen LogP contribution in [0.15, 0.2) is 54.6 Å². The van der Waals surface area contributed by atoms with Gasteiger partial charge in [-0.2, -0.15) is 0 Å². The van der Waals surface area contributed by atoms with Gasteiger partial charge in [0.1, 0.15) is 6.54 Å². The SMILES string of the molecule is CC(=O)N(CC(=O)NCCc1ccccc1)c1ccc(C(C)C)cc1. The minimum Gasteiger partial charge on any atom is -0.354 e. The molecule has 2 rings (SSSR count). The number of benzene rings is 2. The number of amides is 2. The normalized spacial score (nSPS) is 10.6. The largest absolute Gasteiger partial charge is 0.354 e. The van der Waals surface area contributed by atoms with Crippen LogP contribution in [-0.4, -0.2) is 24.9 Å². The first-order valence-electron chi connectivity index (χ1n) is 8.66. The van der Waals surface area contributed by atoms with Crippen LogP contribution in [0.2, 0.25) is 0 Å². The van der Waals surface area contributed by atoms with E-state index in [9.17, 15) is 9.59 Å². The van der Waals surface area contributed by atoms with Gasteiger partial charge in [0.15, 0.2) is 0 Å². The van der Waals surface area contributed by atoms with Gasteiger partial charge < -0.3 is 10.2 Å². The molecule has 0 heterocycles. The molecule has 0 aliphatic heterocycles. The second kappa shape index (κ2) is 9.02. The summed E-state index contributed by atoms with van der Waals surface area (Å²) in [4.78, 5) is 25.6. The minimum atomic E-state index is -0.154. The highest BCUT2D eigenvalue weighted by molar-refractivity contribution is 5.97. The smallest absolute Gasteiger partial charge is 0.240 e. The van der Waals surface area contributed by atoms with Gasteiger partial charge in [-0.25, -0.2) is 0 Å². The van der Waals surface area contributed by atoms with Crippen molar-refractivity contribution in [3.8, 4) is 0 Å². The summed E-state index contributed by atoms with van der Waals surface area (Å²) in [5.74, 6) is 0.135. The van der Waals surface area contributed by atoms with Crippen LogP contribution in [0.4, 0.5) is 5.69 Å². The number of hydrogen-bond donors (Lipinski definition) is 1. The Morgan fingerprint density at radius 3 is 2.20 bits per heavy atom. The van der Waals surface area contributed by atoms with Gasteiger partial charge in [0.2, 0.25) is 11.8 Å². The molecule has 0 aliphatic rings. The van der Waals surface area contributed by atoms with Crippen LogP contribution in [0.5, 0.6) is 0 Å². The monoisotopic (exact) mass is 338 g/mol. The molecule has 4 nitrogen and oxygen atoms in total. The molecule has 4 heteroatoms. The Labute approximate surface area is 149 Å². The first-order valence-corrected chi connectivity index (χ1v) is 8.66. The summed E-state index contributed by atoms with van der Waals surface area (Å²) in [6.07, 6.45) is 0.774. The zero-order valence-electron chi connectivity index (χ0n) is 15.2. The van der Waals surface area contributed by atoms with Gasteiger partial charge in [-0.3, -0.25) is 9.59 Å². The molecule has 0 aliphatic carbocycles. The lowest BCUT2D eigenvalue weighted by Crippen LogP contribution is -2.40. The number of hydrogen-bond acceptors (Lipinski definition) is 2. The molecule has 0 saturated carbocycles. The number of nitrogens with zero attached hydrogens (tertiary/aromatic N) is 1. The fourth-order valence-corrected chi connectivity index (χ4v) is 2.61. The molecular formula is C21H26N2O2. The van der Waals surface area contributed by atoms with Crippen molar-refractivity contribution in [2.45, 2.75) is 33.1 Å². The summed E-state index contributed by atoms with van der Waals surface area (Å²) in [5, 5.41) is 2.88. The fraction of sp³-hybridized carbons (Fsp3) is 0.333. The van der Waals surface area contributed by atoms with Gasteiger partial charge >= 0.3 is 0 Å². The van der Waals surface area contributed by atoms with Gasteiger partial charge in [-0.1, -0.05) is 56.3 Å². The number of anilines is 1. The molecule has 0 radical (unpaired) electrons. The predicted molar refractivity (Wildman–Crippen MR) is 102 cm³/mol. The van der Waals surface area contributed by atoms with E-state index in [0.717, 1.165) is 12.1 Å². The first-order chi connectivity index (χ1) is 12.0. The van der Waals surface area contributed by atoms with Gasteiger partial charge in [0.25, 0.3) is 0 Å². The standard InChI is InChI=1S/C21H26N2O2/c1-16(2)19-9-11-20(12-10-19)23(17(3)24)15-21(25)22-14-13-18-7-5-4-6-8-18/h4-12,16H,13-15H2,1-3H3,(H,22,25). The molecule has 0 bridgehead atoms. The maximum absolute atomic E-state index is 12.2. The van der Waals surface area contributed by atoms with Gasteiger partial charge in [-0.15, -0.1) is 0 Å². The number of carbonyl (C=O) groups excluding carboxylic acids is 2. The third-order valence-electron chi connectivity index (χ3n) is 4.13. The summed E-state index contributed by atoms with van der Waals surface area (Å²) in [5.41, 5.74) is 3.13. The number of nitrogens with one attached hydrogen (secondary N) is 1. The van der Waals surface area contributed by atoms with Crippen molar-refractivity contribution in [1.29, 1.82) is 0 Å². The van der Waals surface area contributed by atoms with E-state index in [1.165, 1.54) is 23.0 Å². The molecule has 0 unspecified atom stereocenters. The van der Waals surface area contributed by atoms with Crippen LogP contribution < -0.4 is 10.2 Å². The van der Waals surface area contributed by atoms with Crippen LogP contribution >= 0.6 is 0 Å². The lowest BCUT2D eigenvalue weighted by atomic mass is 10.0. The van der Waals surface area contributed by atoms with Crippen molar-refractivity contribution in [2.75, 3.05) is 18.0 Å². The van der Waals surface area contributed by atoms with Crippen molar-refractivity contribution in [3.63, 3.8) is 0 Å². The number of rotatable bonds is 7. The summed E-state index contributed by atoms with van der Waals surface area (Å²) in [6.45, 7) is 6.31. The highest BCUT2D eigenvalue weighted by atomic mass is 16.2. The average Bonchev–Trinajstić information content (AvgIpc) is 2.60. The maximum atomic E-state index is 12.2. The Morgan fingerprint density at radius 1 is 1.00 bits per heavy atom. The summed E-state index contributed by atoms with van der Waals surface area (Å²) >= 11 is 0. The lowest BCUT2D eigenvalue weighted by molar-refractivity contribution is -0.123. The highest BCUT2D eigenvalue weighted by Gasteiger charge is 2.15. The maximum Gasteiger partial charge on any atom is 0.240 e. The van der Waals surface area contributed by atoms with Crippen LogP contribution in [-0.2, 0) is 16.0 Å². The van der Waals surface area contributed by atoms with Gasteiger partial charge in [0, 0.05) is 19.2 Å². The minimum absolute atomic E-state index is 0.0329. The third kappa shape index (κ3) is 5.75. The van der Waals surface area contributed by atoms with E-state index in [-0.39, 0.29) is 18.4 Å². The quantitative estimate of drug-likeness (QED) is 0.840. The van der Waals surface area contributed by atoms with Crippen LogP contribution in [0.1, 0.15) is 37.8 Å². The van der Waals surface area contributed by atoms with Crippen molar-refractivity contribution >= 4 is 17.5 Å². The van der Waals surface area contributed by atoms with E-state index in [1.54, 1.807) is 0 Å². The average molecular weight is 338 g/mol. The van der Waals surface area contributed by atoms with E-state index >= 15 is 0 Å². The van der Waals surface area contributed by atoms with Crippen LogP contribution in [0.25, 0.3) is 0 Å². The Morgan fingerprint density at radius 2 is 1.64 bits per heavy atom. The Hall–Kier alpha value is -2.62. The molecule has 25 heavy (non-hydrogen) atoms. The summed E-state index contributed by atoms with van der Waals surface area (Å²) < 4.78 is 0. The predicted octanol–water partition coefficient (Wildman–Crippen LogP) is 3.52. The molecule has 132 valence electrons.